The standard InChI is InChI=1S/C40H33N3O8/c1-48-37(44)33-22-28(23-34(41-33)38(45)49-2)12-10-26-14-18-31(19-15-26)43(30-8-6-5-7-9-30)32-20-16-27(17-21-32)11-13-29-24-35(39(46)50-3)42-36(25-29)40(47)51-4/h5-25H,1-4H3/b12-10+,13-11+. The quantitative estimate of drug-likeness (QED) is 0.102. The van der Waals surface area contributed by atoms with Gasteiger partial charge in [0.25, 0.3) is 0 Å². The van der Waals surface area contributed by atoms with E-state index >= 15 is 0 Å². The molecule has 0 spiro atoms. The first-order chi connectivity index (χ1) is 24.7. The van der Waals surface area contributed by atoms with Crippen LogP contribution in [0, 0.1) is 0 Å². The maximum Gasteiger partial charge on any atom is 0.356 e. The highest BCUT2D eigenvalue weighted by molar-refractivity contribution is 5.94. The van der Waals surface area contributed by atoms with Crippen LogP contribution in [-0.4, -0.2) is 62.3 Å². The molecule has 0 amide bonds. The van der Waals surface area contributed by atoms with Crippen molar-refractivity contribution in [3.8, 4) is 0 Å². The fraction of sp³-hybridized carbons (Fsp3) is 0.100. The minimum atomic E-state index is -0.665. The molecular formula is C40H33N3O8. The molecule has 0 aliphatic rings. The number of methoxy groups -OCH3 is 4. The van der Waals surface area contributed by atoms with Gasteiger partial charge in [0.1, 0.15) is 22.8 Å². The molecule has 2 heterocycles. The van der Waals surface area contributed by atoms with Crippen LogP contribution >= 0.6 is 0 Å². The number of pyridine rings is 2. The number of rotatable bonds is 11. The van der Waals surface area contributed by atoms with Crippen LogP contribution < -0.4 is 4.90 Å². The Kier molecular flexibility index (Phi) is 11.5. The van der Waals surface area contributed by atoms with Crippen LogP contribution in [0.5, 0.6) is 0 Å². The van der Waals surface area contributed by atoms with Crippen molar-refractivity contribution in [2.24, 2.45) is 0 Å². The lowest BCUT2D eigenvalue weighted by molar-refractivity contribution is 0.0568. The van der Waals surface area contributed by atoms with Gasteiger partial charge in [0.2, 0.25) is 0 Å². The Morgan fingerprint density at radius 1 is 0.431 bits per heavy atom. The first kappa shape index (κ1) is 35.4. The predicted octanol–water partition coefficient (Wildman–Crippen LogP) is 7.43. The number of aromatic nitrogens is 2. The highest BCUT2D eigenvalue weighted by Crippen LogP contribution is 2.35. The van der Waals surface area contributed by atoms with Crippen LogP contribution in [0.25, 0.3) is 24.3 Å². The van der Waals surface area contributed by atoms with Crippen molar-refractivity contribution in [3.63, 3.8) is 0 Å². The molecule has 3 aromatic carbocycles. The highest BCUT2D eigenvalue weighted by atomic mass is 16.5. The third kappa shape index (κ3) is 8.78. The van der Waals surface area contributed by atoms with Gasteiger partial charge in [0.15, 0.2) is 0 Å². The van der Waals surface area contributed by atoms with Crippen molar-refractivity contribution < 1.29 is 38.1 Å². The van der Waals surface area contributed by atoms with Gasteiger partial charge in [-0.25, -0.2) is 29.1 Å². The van der Waals surface area contributed by atoms with Crippen LogP contribution in [0.15, 0.2) is 103 Å². The van der Waals surface area contributed by atoms with Crippen molar-refractivity contribution in [3.05, 3.63) is 148 Å². The van der Waals surface area contributed by atoms with E-state index in [-0.39, 0.29) is 22.8 Å². The smallest absolute Gasteiger partial charge is 0.356 e. The largest absolute Gasteiger partial charge is 0.464 e. The molecule has 256 valence electrons. The molecule has 0 N–H and O–H groups in total. The zero-order chi connectivity index (χ0) is 36.3. The van der Waals surface area contributed by atoms with Crippen LogP contribution in [0.1, 0.15) is 64.2 Å². The Bertz CT molecular complexity index is 1910. The third-order valence-corrected chi connectivity index (χ3v) is 7.53. The summed E-state index contributed by atoms with van der Waals surface area (Å²) in [5.41, 5.74) is 5.66. The summed E-state index contributed by atoms with van der Waals surface area (Å²) >= 11 is 0. The second-order valence-corrected chi connectivity index (χ2v) is 10.8. The molecule has 0 aliphatic heterocycles. The van der Waals surface area contributed by atoms with Crippen molar-refractivity contribution in [2.45, 2.75) is 0 Å². The second-order valence-electron chi connectivity index (χ2n) is 10.8. The minimum Gasteiger partial charge on any atom is -0.464 e. The first-order valence-corrected chi connectivity index (χ1v) is 15.5. The topological polar surface area (TPSA) is 134 Å². The minimum absolute atomic E-state index is 0.00631. The molecule has 0 bridgehead atoms. The summed E-state index contributed by atoms with van der Waals surface area (Å²) < 4.78 is 19.1. The summed E-state index contributed by atoms with van der Waals surface area (Å²) in [6.45, 7) is 0. The zero-order valence-electron chi connectivity index (χ0n) is 28.2. The lowest BCUT2D eigenvalue weighted by Crippen LogP contribution is -2.11. The van der Waals surface area contributed by atoms with Crippen molar-refractivity contribution >= 4 is 65.2 Å². The van der Waals surface area contributed by atoms with Gasteiger partial charge in [-0.15, -0.1) is 0 Å². The molecule has 0 unspecified atom stereocenters. The molecule has 0 aliphatic carbocycles. The van der Waals surface area contributed by atoms with E-state index in [9.17, 15) is 19.2 Å². The molecule has 11 heteroatoms. The summed E-state index contributed by atoms with van der Waals surface area (Å²) in [6, 6.07) is 31.9. The Labute approximate surface area is 294 Å². The summed E-state index contributed by atoms with van der Waals surface area (Å²) in [5.74, 6) is -2.66. The van der Waals surface area contributed by atoms with Crippen molar-refractivity contribution in [1.82, 2.24) is 9.97 Å². The molecule has 51 heavy (non-hydrogen) atoms. The SMILES string of the molecule is COC(=O)c1cc(/C=C/c2ccc(N(c3ccccc3)c3ccc(/C=C/c4cc(C(=O)OC)nc(C(=O)OC)c4)cc3)cc2)cc(C(=O)OC)n1. The number of ether oxygens (including phenoxy) is 4. The number of anilines is 3. The first-order valence-electron chi connectivity index (χ1n) is 15.5. The van der Waals surface area contributed by atoms with Gasteiger partial charge in [-0.2, -0.15) is 0 Å². The highest BCUT2D eigenvalue weighted by Gasteiger charge is 2.17. The Morgan fingerprint density at radius 3 is 1.04 bits per heavy atom. The van der Waals surface area contributed by atoms with Crippen LogP contribution in [-0.2, 0) is 18.9 Å². The molecule has 11 nitrogen and oxygen atoms in total. The average molecular weight is 684 g/mol. The summed E-state index contributed by atoms with van der Waals surface area (Å²) in [5, 5.41) is 0. The van der Waals surface area contributed by atoms with E-state index in [0.29, 0.717) is 11.1 Å². The van der Waals surface area contributed by atoms with E-state index in [1.807, 2.05) is 91.0 Å². The number of para-hydroxylation sites is 1. The van der Waals surface area contributed by atoms with Gasteiger partial charge in [-0.05, 0) is 82.9 Å². The van der Waals surface area contributed by atoms with E-state index < -0.39 is 23.9 Å². The van der Waals surface area contributed by atoms with Crippen LogP contribution in [0.2, 0.25) is 0 Å². The van der Waals surface area contributed by atoms with Gasteiger partial charge in [-0.1, -0.05) is 66.8 Å². The number of carbonyl (C=O) groups excluding carboxylic acids is 4. The van der Waals surface area contributed by atoms with Gasteiger partial charge in [0, 0.05) is 17.1 Å². The van der Waals surface area contributed by atoms with Gasteiger partial charge >= 0.3 is 23.9 Å². The summed E-state index contributed by atoms with van der Waals surface area (Å²) in [6.07, 6.45) is 7.27. The molecule has 0 radical (unpaired) electrons. The Balaban J connectivity index is 1.40. The third-order valence-electron chi connectivity index (χ3n) is 7.53. The Hall–Kier alpha value is -6.88. The molecule has 0 saturated heterocycles. The second kappa shape index (κ2) is 16.5. The molecule has 0 atom stereocenters. The number of benzene rings is 3. The molecular weight excluding hydrogens is 650 g/mol. The number of esters is 4. The van der Waals surface area contributed by atoms with Crippen LogP contribution in [0.3, 0.4) is 0 Å². The van der Waals surface area contributed by atoms with E-state index in [1.165, 1.54) is 52.7 Å². The summed E-state index contributed by atoms with van der Waals surface area (Å²) in [7, 11) is 4.98. The van der Waals surface area contributed by atoms with E-state index in [2.05, 4.69) is 14.9 Å². The number of hydrogen-bond acceptors (Lipinski definition) is 11. The fourth-order valence-corrected chi connectivity index (χ4v) is 5.01. The molecule has 5 aromatic rings. The number of nitrogens with zero attached hydrogens (tertiary/aromatic N) is 3. The van der Waals surface area contributed by atoms with E-state index in [0.717, 1.165) is 28.2 Å². The maximum atomic E-state index is 12.1. The number of hydrogen-bond donors (Lipinski definition) is 0. The monoisotopic (exact) mass is 683 g/mol. The van der Waals surface area contributed by atoms with E-state index in [4.69, 9.17) is 18.9 Å². The van der Waals surface area contributed by atoms with E-state index in [1.54, 1.807) is 12.2 Å². The van der Waals surface area contributed by atoms with Crippen molar-refractivity contribution in [2.75, 3.05) is 33.3 Å². The molecule has 0 saturated carbocycles. The van der Waals surface area contributed by atoms with Crippen molar-refractivity contribution in [1.29, 1.82) is 0 Å². The van der Waals surface area contributed by atoms with Gasteiger partial charge in [-0.3, -0.25) is 0 Å². The summed E-state index contributed by atoms with van der Waals surface area (Å²) in [4.78, 5) is 58.7. The lowest BCUT2D eigenvalue weighted by atomic mass is 10.1. The maximum absolute atomic E-state index is 12.1. The zero-order valence-corrected chi connectivity index (χ0v) is 28.2. The van der Waals surface area contributed by atoms with Crippen LogP contribution in [0.4, 0.5) is 17.1 Å². The average Bonchev–Trinajstić information content (AvgIpc) is 3.19. The molecule has 5 rings (SSSR count). The fourth-order valence-electron chi connectivity index (χ4n) is 5.01. The molecule has 2 aromatic heterocycles. The predicted molar refractivity (Wildman–Crippen MR) is 193 cm³/mol. The normalized spacial score (nSPS) is 10.9. The lowest BCUT2D eigenvalue weighted by Gasteiger charge is -2.25. The number of carbonyl (C=O) groups is 4. The van der Waals surface area contributed by atoms with Gasteiger partial charge in [0.05, 0.1) is 28.4 Å². The Morgan fingerprint density at radius 2 is 0.725 bits per heavy atom. The van der Waals surface area contributed by atoms with Gasteiger partial charge < -0.3 is 23.8 Å². The molecule has 0 fully saturated rings.